The van der Waals surface area contributed by atoms with Crippen LogP contribution in [0.3, 0.4) is 0 Å². The van der Waals surface area contributed by atoms with Crippen molar-refractivity contribution >= 4 is 17.8 Å². The van der Waals surface area contributed by atoms with Crippen molar-refractivity contribution < 1.29 is 28.6 Å². The number of aliphatic hydroxyl groups excluding tert-OH is 1. The highest BCUT2D eigenvalue weighted by Gasteiger charge is 2.37. The van der Waals surface area contributed by atoms with Crippen LogP contribution >= 0.6 is 0 Å². The van der Waals surface area contributed by atoms with Crippen LogP contribution in [-0.4, -0.2) is 67.3 Å². The second-order valence-electron chi connectivity index (χ2n) is 12.5. The van der Waals surface area contributed by atoms with Gasteiger partial charge in [0.15, 0.2) is 12.2 Å². The Balaban J connectivity index is 1.25. The van der Waals surface area contributed by atoms with Crippen molar-refractivity contribution in [3.05, 3.63) is 65.3 Å². The number of amides is 2. The molecule has 0 unspecified atom stereocenters. The number of nitrogens with one attached hydrogen (secondary N) is 2. The van der Waals surface area contributed by atoms with E-state index in [0.29, 0.717) is 29.8 Å². The number of carbonyl (C=O) groups excluding carboxylic acids is 2. The zero-order valence-corrected chi connectivity index (χ0v) is 25.8. The van der Waals surface area contributed by atoms with E-state index in [-0.39, 0.29) is 25.4 Å². The fourth-order valence-corrected chi connectivity index (χ4v) is 5.59. The second-order valence-corrected chi connectivity index (χ2v) is 12.5. The molecule has 0 radical (unpaired) electrons. The van der Waals surface area contributed by atoms with Gasteiger partial charge in [0.2, 0.25) is 0 Å². The molecule has 12 heteroatoms. The first-order chi connectivity index (χ1) is 21.1. The number of fused-ring (bicyclic) bond motifs is 1. The summed E-state index contributed by atoms with van der Waals surface area (Å²) in [5, 5.41) is 17.5. The molecule has 0 spiro atoms. The van der Waals surface area contributed by atoms with Gasteiger partial charge >= 0.3 is 6.09 Å². The number of aryl methyl sites for hydroxylation is 1. The summed E-state index contributed by atoms with van der Waals surface area (Å²) < 4.78 is 17.0. The highest BCUT2D eigenvalue weighted by molar-refractivity contribution is 5.92. The number of rotatable bonds is 9. The quantitative estimate of drug-likeness (QED) is 0.316. The highest BCUT2D eigenvalue weighted by atomic mass is 16.6. The van der Waals surface area contributed by atoms with Crippen LogP contribution in [0, 0.1) is 6.92 Å². The van der Waals surface area contributed by atoms with Crippen LogP contribution in [-0.2, 0) is 24.3 Å². The van der Waals surface area contributed by atoms with Gasteiger partial charge in [0.05, 0.1) is 17.8 Å². The third-order valence-electron chi connectivity index (χ3n) is 7.96. The van der Waals surface area contributed by atoms with Crippen molar-refractivity contribution in [2.24, 2.45) is 0 Å². The van der Waals surface area contributed by atoms with Crippen LogP contribution in [0.5, 0.6) is 5.75 Å². The van der Waals surface area contributed by atoms with Gasteiger partial charge in [0.25, 0.3) is 5.91 Å². The number of carbonyl (C=O) groups is 2. The van der Waals surface area contributed by atoms with Gasteiger partial charge in [-0.15, -0.1) is 0 Å². The largest absolute Gasteiger partial charge is 0.486 e. The smallest absolute Gasteiger partial charge is 0.410 e. The molecule has 2 amide bonds. The maximum atomic E-state index is 13.3. The van der Waals surface area contributed by atoms with Gasteiger partial charge in [0, 0.05) is 25.2 Å². The second kappa shape index (κ2) is 13.6. The Hall–Kier alpha value is -4.19. The first-order valence-electron chi connectivity index (χ1n) is 15.2. The van der Waals surface area contributed by atoms with Crippen molar-refractivity contribution in [3.63, 3.8) is 0 Å². The molecule has 2 aliphatic rings. The summed E-state index contributed by atoms with van der Waals surface area (Å²) in [5.41, 5.74) is 2.10. The van der Waals surface area contributed by atoms with E-state index in [1.54, 1.807) is 26.8 Å². The normalized spacial score (nSPS) is 17.8. The number of aromatic nitrogens is 3. The first-order valence-corrected chi connectivity index (χ1v) is 15.2. The molecule has 3 aromatic rings. The molecule has 1 aliphatic heterocycles. The monoisotopic (exact) mass is 606 g/mol. The minimum atomic E-state index is -1.06. The fourth-order valence-electron chi connectivity index (χ4n) is 5.59. The lowest BCUT2D eigenvalue weighted by atomic mass is 9.91. The zero-order valence-electron chi connectivity index (χ0n) is 25.8. The summed E-state index contributed by atoms with van der Waals surface area (Å²) in [6, 6.07) is 7.01. The fraction of sp³-hybridized carbons (Fsp3) is 0.531. The summed E-state index contributed by atoms with van der Waals surface area (Å²) in [6.07, 6.45) is 7.27. The lowest BCUT2D eigenvalue weighted by Gasteiger charge is -2.40. The number of benzene rings is 1. The van der Waals surface area contributed by atoms with E-state index in [9.17, 15) is 14.7 Å². The van der Waals surface area contributed by atoms with Crippen molar-refractivity contribution in [3.8, 4) is 5.75 Å². The molecule has 44 heavy (non-hydrogen) atoms. The number of hydrogen-bond donors (Lipinski definition) is 3. The van der Waals surface area contributed by atoms with Crippen LogP contribution in [0.4, 0.5) is 10.6 Å². The van der Waals surface area contributed by atoms with Gasteiger partial charge in [-0.05, 0) is 70.2 Å². The van der Waals surface area contributed by atoms with Crippen LogP contribution in [0.15, 0.2) is 41.4 Å². The Kier molecular flexibility index (Phi) is 9.68. The molecule has 2 atom stereocenters. The van der Waals surface area contributed by atoms with E-state index in [1.807, 2.05) is 25.1 Å². The predicted molar refractivity (Wildman–Crippen MR) is 162 cm³/mol. The SMILES string of the molecule is Cc1ncoc1COc1ccc2c(c1)CN(C(=O)OC(C)(C)C)[C@H]([C@H](O)CNC(=O)c1cc(NC3CCCCC3)ncn1)C2. The van der Waals surface area contributed by atoms with E-state index in [1.165, 1.54) is 36.9 Å². The van der Waals surface area contributed by atoms with Crippen molar-refractivity contribution in [1.29, 1.82) is 0 Å². The molecule has 1 aliphatic carbocycles. The Morgan fingerprint density at radius 3 is 2.64 bits per heavy atom. The molecule has 5 rings (SSSR count). The van der Waals surface area contributed by atoms with Gasteiger partial charge in [0.1, 0.15) is 35.8 Å². The average molecular weight is 607 g/mol. The summed E-state index contributed by atoms with van der Waals surface area (Å²) in [7, 11) is 0. The van der Waals surface area contributed by atoms with Gasteiger partial charge < -0.3 is 29.6 Å². The Bertz CT molecular complexity index is 1450. The summed E-state index contributed by atoms with van der Waals surface area (Å²) >= 11 is 0. The standard InChI is InChI=1S/C32H42N6O6/c1-20-28(43-19-36-20)17-42-24-11-10-21-13-26(38(16-22(21)12-24)31(41)44-32(2,3)4)27(39)15-33-30(40)25-14-29(35-18-34-25)37-23-8-6-5-7-9-23/h10-12,14,18-19,23,26-27,39H,5-9,13,15-17H2,1-4H3,(H,33,40)(H,34,35,37)/t26-,27+/m0/s1. The van der Waals surface area contributed by atoms with Crippen molar-refractivity contribution in [2.45, 2.75) is 103 Å². The number of anilines is 1. The average Bonchev–Trinajstić information content (AvgIpc) is 3.42. The highest BCUT2D eigenvalue weighted by Crippen LogP contribution is 2.30. The lowest BCUT2D eigenvalue weighted by Crippen LogP contribution is -2.54. The number of aliphatic hydroxyl groups is 1. The van der Waals surface area contributed by atoms with Crippen LogP contribution in [0.25, 0.3) is 0 Å². The van der Waals surface area contributed by atoms with Crippen LogP contribution < -0.4 is 15.4 Å². The Morgan fingerprint density at radius 1 is 1.11 bits per heavy atom. The predicted octanol–water partition coefficient (Wildman–Crippen LogP) is 4.55. The van der Waals surface area contributed by atoms with Crippen molar-refractivity contribution in [1.82, 2.24) is 25.2 Å². The summed E-state index contributed by atoms with van der Waals surface area (Å²) in [4.78, 5) is 40.4. The molecule has 0 bridgehead atoms. The van der Waals surface area contributed by atoms with Gasteiger partial charge in [-0.25, -0.2) is 19.7 Å². The van der Waals surface area contributed by atoms with E-state index in [2.05, 4.69) is 25.6 Å². The Labute approximate surface area is 257 Å². The lowest BCUT2D eigenvalue weighted by molar-refractivity contribution is -0.0113. The van der Waals surface area contributed by atoms with E-state index >= 15 is 0 Å². The molecule has 2 aromatic heterocycles. The molecule has 236 valence electrons. The molecule has 3 heterocycles. The third kappa shape index (κ3) is 8.04. The zero-order chi connectivity index (χ0) is 31.3. The van der Waals surface area contributed by atoms with Gasteiger partial charge in [-0.3, -0.25) is 9.69 Å². The van der Waals surface area contributed by atoms with E-state index in [4.69, 9.17) is 13.9 Å². The number of hydrogen-bond acceptors (Lipinski definition) is 10. The Morgan fingerprint density at radius 2 is 1.91 bits per heavy atom. The van der Waals surface area contributed by atoms with E-state index < -0.39 is 29.7 Å². The molecule has 1 saturated carbocycles. The molecular formula is C32H42N6O6. The van der Waals surface area contributed by atoms with Gasteiger partial charge in [-0.1, -0.05) is 25.3 Å². The molecule has 12 nitrogen and oxygen atoms in total. The number of ether oxygens (including phenoxy) is 2. The third-order valence-corrected chi connectivity index (χ3v) is 7.96. The van der Waals surface area contributed by atoms with Crippen LogP contribution in [0.1, 0.15) is 85.9 Å². The number of nitrogens with zero attached hydrogens (tertiary/aromatic N) is 4. The molecule has 3 N–H and O–H groups in total. The van der Waals surface area contributed by atoms with Crippen LogP contribution in [0.2, 0.25) is 0 Å². The number of oxazole rings is 1. The minimum Gasteiger partial charge on any atom is -0.486 e. The first kappa shape index (κ1) is 31.2. The summed E-state index contributed by atoms with van der Waals surface area (Å²) in [6.45, 7) is 7.60. The minimum absolute atomic E-state index is 0.0781. The topological polar surface area (TPSA) is 152 Å². The molecule has 0 saturated heterocycles. The van der Waals surface area contributed by atoms with Crippen molar-refractivity contribution in [2.75, 3.05) is 11.9 Å². The van der Waals surface area contributed by atoms with E-state index in [0.717, 1.165) is 29.7 Å². The maximum Gasteiger partial charge on any atom is 0.410 e. The molecular weight excluding hydrogens is 564 g/mol. The maximum absolute atomic E-state index is 13.3. The van der Waals surface area contributed by atoms with Gasteiger partial charge in [-0.2, -0.15) is 0 Å². The molecule has 1 fully saturated rings. The molecule has 1 aromatic carbocycles. The summed E-state index contributed by atoms with van der Waals surface area (Å²) in [5.74, 6) is 1.44.